The smallest absolute Gasteiger partial charge is 0.184 e. The Bertz CT molecular complexity index is 602. The fourth-order valence-corrected chi connectivity index (χ4v) is 4.81. The van der Waals surface area contributed by atoms with E-state index < -0.39 is 12.5 Å². The zero-order chi connectivity index (χ0) is 18.4. The monoisotopic (exact) mass is 382 g/mol. The van der Waals surface area contributed by atoms with E-state index in [4.69, 9.17) is 16.3 Å². The van der Waals surface area contributed by atoms with E-state index in [1.54, 1.807) is 6.07 Å². The Morgan fingerprint density at radius 3 is 2.38 bits per heavy atom. The van der Waals surface area contributed by atoms with Crippen molar-refractivity contribution in [2.45, 2.75) is 57.8 Å². The molecule has 1 nitrogen and oxygen atoms in total. The Hall–Kier alpha value is -1.09. The van der Waals surface area contributed by atoms with Gasteiger partial charge in [0, 0.05) is 0 Å². The van der Waals surface area contributed by atoms with Gasteiger partial charge in [-0.15, -0.1) is 0 Å². The average molecular weight is 383 g/mol. The van der Waals surface area contributed by atoms with Crippen molar-refractivity contribution in [1.82, 2.24) is 0 Å². The summed E-state index contributed by atoms with van der Waals surface area (Å²) in [5.41, 5.74) is 0.658. The van der Waals surface area contributed by atoms with Gasteiger partial charge in [0.1, 0.15) is 13.3 Å². The summed E-state index contributed by atoms with van der Waals surface area (Å²) in [6.07, 6.45) is 16.3. The van der Waals surface area contributed by atoms with Gasteiger partial charge in [-0.05, 0) is 61.1 Å². The second-order valence-corrected chi connectivity index (χ2v) is 8.13. The molecule has 0 amide bonds. The molecule has 0 spiro atoms. The fraction of sp³-hybridized carbons (Fsp3) is 0.636. The summed E-state index contributed by atoms with van der Waals surface area (Å²) >= 11 is 6.12. The molecule has 144 valence electrons. The molecule has 2 fully saturated rings. The largest absolute Gasteiger partial charge is 0.488 e. The highest BCUT2D eigenvalue weighted by atomic mass is 35.5. The van der Waals surface area contributed by atoms with Crippen LogP contribution in [0.15, 0.2) is 18.2 Å². The van der Waals surface area contributed by atoms with Crippen molar-refractivity contribution in [3.8, 4) is 5.75 Å². The van der Waals surface area contributed by atoms with Gasteiger partial charge in [-0.1, -0.05) is 55.9 Å². The molecule has 0 radical (unpaired) electrons. The van der Waals surface area contributed by atoms with Crippen molar-refractivity contribution in [2.24, 2.45) is 17.8 Å². The SMILES string of the molecule is FCCOc1ccc(/C=C/C2CCC(C3CCCCC3)CC2)c(Cl)c1F. The summed E-state index contributed by atoms with van der Waals surface area (Å²) in [7, 11) is 0. The predicted octanol–water partition coefficient (Wildman–Crippen LogP) is 7.23. The molecule has 0 heterocycles. The van der Waals surface area contributed by atoms with Crippen molar-refractivity contribution in [3.63, 3.8) is 0 Å². The van der Waals surface area contributed by atoms with Crippen LogP contribution in [0.4, 0.5) is 8.78 Å². The van der Waals surface area contributed by atoms with Crippen LogP contribution >= 0.6 is 11.6 Å². The maximum absolute atomic E-state index is 14.2. The molecule has 0 atom stereocenters. The molecule has 0 N–H and O–H groups in total. The zero-order valence-electron chi connectivity index (χ0n) is 15.4. The topological polar surface area (TPSA) is 9.23 Å². The molecule has 2 aliphatic rings. The van der Waals surface area contributed by atoms with Crippen LogP contribution in [-0.2, 0) is 0 Å². The highest BCUT2D eigenvalue weighted by Crippen LogP contribution is 2.40. The average Bonchev–Trinajstić information content (AvgIpc) is 2.69. The normalized spacial score (nSPS) is 24.9. The third-order valence-corrected chi connectivity index (χ3v) is 6.48. The van der Waals surface area contributed by atoms with Crippen LogP contribution in [0, 0.1) is 23.6 Å². The molecule has 0 aromatic heterocycles. The van der Waals surface area contributed by atoms with Gasteiger partial charge in [0.15, 0.2) is 11.6 Å². The predicted molar refractivity (Wildman–Crippen MR) is 104 cm³/mol. The second-order valence-electron chi connectivity index (χ2n) is 7.75. The molecular formula is C22H29ClF2O. The van der Waals surface area contributed by atoms with Gasteiger partial charge in [-0.25, -0.2) is 8.78 Å². The van der Waals surface area contributed by atoms with E-state index in [1.165, 1.54) is 63.9 Å². The number of benzene rings is 1. The van der Waals surface area contributed by atoms with Gasteiger partial charge in [-0.3, -0.25) is 0 Å². The number of alkyl halides is 1. The molecule has 4 heteroatoms. The first-order chi connectivity index (χ1) is 12.7. The van der Waals surface area contributed by atoms with Crippen LogP contribution in [0.2, 0.25) is 5.02 Å². The molecule has 0 unspecified atom stereocenters. The van der Waals surface area contributed by atoms with Gasteiger partial charge >= 0.3 is 0 Å². The summed E-state index contributed by atoms with van der Waals surface area (Å²) in [6.45, 7) is -0.811. The van der Waals surface area contributed by atoms with Gasteiger partial charge < -0.3 is 4.74 Å². The third-order valence-electron chi connectivity index (χ3n) is 6.09. The highest BCUT2D eigenvalue weighted by Gasteiger charge is 2.27. The van der Waals surface area contributed by atoms with E-state index in [2.05, 4.69) is 6.08 Å². The van der Waals surface area contributed by atoms with E-state index in [0.717, 1.165) is 11.8 Å². The van der Waals surface area contributed by atoms with Crippen LogP contribution in [0.5, 0.6) is 5.75 Å². The minimum atomic E-state index is -0.651. The summed E-state index contributed by atoms with van der Waals surface area (Å²) in [4.78, 5) is 0. The molecule has 2 aliphatic carbocycles. The van der Waals surface area contributed by atoms with Crippen molar-refractivity contribution < 1.29 is 13.5 Å². The van der Waals surface area contributed by atoms with Gasteiger partial charge in [0.25, 0.3) is 0 Å². The minimum Gasteiger partial charge on any atom is -0.488 e. The molecule has 2 saturated carbocycles. The first kappa shape index (κ1) is 19.7. The molecule has 26 heavy (non-hydrogen) atoms. The molecule has 0 aliphatic heterocycles. The quantitative estimate of drug-likeness (QED) is 0.504. The zero-order valence-corrected chi connectivity index (χ0v) is 16.1. The maximum atomic E-state index is 14.2. The lowest BCUT2D eigenvalue weighted by atomic mass is 9.71. The first-order valence-corrected chi connectivity index (χ1v) is 10.4. The maximum Gasteiger partial charge on any atom is 0.184 e. The summed E-state index contributed by atoms with van der Waals surface area (Å²) < 4.78 is 31.4. The lowest BCUT2D eigenvalue weighted by Crippen LogP contribution is -2.23. The Kier molecular flexibility index (Phi) is 7.36. The van der Waals surface area contributed by atoms with Crippen molar-refractivity contribution >= 4 is 17.7 Å². The van der Waals surface area contributed by atoms with Gasteiger partial charge in [-0.2, -0.15) is 0 Å². The summed E-state index contributed by atoms with van der Waals surface area (Å²) in [5, 5.41) is 0.0495. The summed E-state index contributed by atoms with van der Waals surface area (Å²) in [5.74, 6) is 1.82. The molecule has 1 aromatic carbocycles. The van der Waals surface area contributed by atoms with Gasteiger partial charge in [0.2, 0.25) is 0 Å². The number of ether oxygens (including phenoxy) is 1. The van der Waals surface area contributed by atoms with E-state index >= 15 is 0 Å². The molecule has 1 aromatic rings. The van der Waals surface area contributed by atoms with Crippen molar-refractivity contribution in [1.29, 1.82) is 0 Å². The number of hydrogen-bond acceptors (Lipinski definition) is 1. The van der Waals surface area contributed by atoms with Crippen molar-refractivity contribution in [2.75, 3.05) is 13.3 Å². The molecule has 3 rings (SSSR count). The van der Waals surface area contributed by atoms with Crippen LogP contribution in [0.25, 0.3) is 6.08 Å². The Morgan fingerprint density at radius 1 is 1.00 bits per heavy atom. The molecular weight excluding hydrogens is 354 g/mol. The van der Waals surface area contributed by atoms with Crippen LogP contribution in [-0.4, -0.2) is 13.3 Å². The number of allylic oxidation sites excluding steroid dienone is 1. The highest BCUT2D eigenvalue weighted by molar-refractivity contribution is 6.32. The lowest BCUT2D eigenvalue weighted by Gasteiger charge is -2.35. The Balaban J connectivity index is 1.54. The Morgan fingerprint density at radius 2 is 1.69 bits per heavy atom. The van der Waals surface area contributed by atoms with E-state index in [9.17, 15) is 8.78 Å². The van der Waals surface area contributed by atoms with E-state index in [-0.39, 0.29) is 17.4 Å². The number of rotatable bonds is 6. The lowest BCUT2D eigenvalue weighted by molar-refractivity contribution is 0.180. The standard InChI is InChI=1S/C22H29ClF2O/c23-21-19(12-13-20(22(21)25)26-15-14-24)11-8-16-6-9-18(10-7-16)17-4-2-1-3-5-17/h8,11-13,16-18H,1-7,9-10,14-15H2/b11-8+. The number of halogens is 3. The minimum absolute atomic E-state index is 0.0118. The van der Waals surface area contributed by atoms with Crippen LogP contribution in [0.3, 0.4) is 0 Å². The molecule has 0 saturated heterocycles. The third kappa shape index (κ3) is 5.00. The van der Waals surface area contributed by atoms with Crippen molar-refractivity contribution in [3.05, 3.63) is 34.6 Å². The van der Waals surface area contributed by atoms with Crippen LogP contribution in [0.1, 0.15) is 63.4 Å². The second kappa shape index (κ2) is 9.73. The van der Waals surface area contributed by atoms with E-state index in [1.807, 2.05) is 6.08 Å². The Labute approximate surface area is 160 Å². The molecule has 0 bridgehead atoms. The first-order valence-electron chi connectivity index (χ1n) is 10.0. The fourth-order valence-electron chi connectivity index (χ4n) is 4.59. The van der Waals surface area contributed by atoms with Gasteiger partial charge in [0.05, 0.1) is 5.02 Å². The summed E-state index contributed by atoms with van der Waals surface area (Å²) in [6, 6.07) is 3.26. The van der Waals surface area contributed by atoms with E-state index in [0.29, 0.717) is 11.5 Å². The van der Waals surface area contributed by atoms with Crippen LogP contribution < -0.4 is 4.74 Å². The number of hydrogen-bond donors (Lipinski definition) is 0.